The quantitative estimate of drug-likeness (QED) is 0.819. The Morgan fingerprint density at radius 2 is 2.14 bits per heavy atom. The molecule has 28 heavy (non-hydrogen) atoms. The van der Waals surface area contributed by atoms with Crippen LogP contribution in [0.5, 0.6) is 0 Å². The van der Waals surface area contributed by atoms with Gasteiger partial charge < -0.3 is 10.2 Å². The summed E-state index contributed by atoms with van der Waals surface area (Å²) >= 11 is 0. The van der Waals surface area contributed by atoms with Crippen molar-refractivity contribution in [2.45, 2.75) is 52.4 Å². The number of carbonyl (C=O) groups excluding carboxylic acids is 1. The lowest BCUT2D eigenvalue weighted by Crippen LogP contribution is -2.37. The Bertz CT molecular complexity index is 833. The number of likely N-dealkylation sites (tertiary alicyclic amines) is 1. The summed E-state index contributed by atoms with van der Waals surface area (Å²) in [5.41, 5.74) is 3.55. The molecule has 1 amide bonds. The molecule has 1 saturated heterocycles. The van der Waals surface area contributed by atoms with E-state index in [1.165, 1.54) is 6.42 Å². The Morgan fingerprint density at radius 3 is 2.86 bits per heavy atom. The minimum absolute atomic E-state index is 0.193. The summed E-state index contributed by atoms with van der Waals surface area (Å²) in [6.07, 6.45) is 8.07. The molecular weight excluding hydrogens is 350 g/mol. The van der Waals surface area contributed by atoms with Crippen LogP contribution in [0.15, 0.2) is 24.5 Å². The number of pyridine rings is 1. The lowest BCUT2D eigenvalue weighted by molar-refractivity contribution is -0.137. The molecule has 2 aliphatic rings. The van der Waals surface area contributed by atoms with Crippen LogP contribution < -0.4 is 5.32 Å². The van der Waals surface area contributed by atoms with Crippen LogP contribution in [0.3, 0.4) is 0 Å². The molecule has 1 aliphatic heterocycles. The average Bonchev–Trinajstić information content (AvgIpc) is 3.27. The van der Waals surface area contributed by atoms with E-state index < -0.39 is 0 Å². The smallest absolute Gasteiger partial charge is 0.225 e. The van der Waals surface area contributed by atoms with Crippen molar-refractivity contribution in [3.05, 3.63) is 30.2 Å². The lowest BCUT2D eigenvalue weighted by Gasteiger charge is -2.29. The van der Waals surface area contributed by atoms with E-state index in [0.29, 0.717) is 11.8 Å². The van der Waals surface area contributed by atoms with Gasteiger partial charge in [0.2, 0.25) is 5.91 Å². The molecule has 2 N–H and O–H groups in total. The number of hydrogen-bond acceptors (Lipinski definition) is 4. The molecule has 3 heterocycles. The normalized spacial score (nSPS) is 20.2. The van der Waals surface area contributed by atoms with Gasteiger partial charge in [0.1, 0.15) is 5.82 Å². The van der Waals surface area contributed by atoms with E-state index in [0.717, 1.165) is 61.5 Å². The fourth-order valence-electron chi connectivity index (χ4n) is 4.00. The molecule has 0 bridgehead atoms. The van der Waals surface area contributed by atoms with Gasteiger partial charge in [-0.05, 0) is 42.4 Å². The molecule has 4 rings (SSSR count). The number of amides is 1. The van der Waals surface area contributed by atoms with Gasteiger partial charge in [-0.2, -0.15) is 5.10 Å². The Hall–Kier alpha value is -2.37. The number of aromatic amines is 1. The summed E-state index contributed by atoms with van der Waals surface area (Å²) in [5, 5.41) is 11.0. The second-order valence-corrected chi connectivity index (χ2v) is 9.44. The first-order chi connectivity index (χ1) is 13.4. The van der Waals surface area contributed by atoms with E-state index in [1.807, 2.05) is 18.5 Å². The van der Waals surface area contributed by atoms with E-state index in [2.05, 4.69) is 52.2 Å². The zero-order valence-corrected chi connectivity index (χ0v) is 17.2. The second kappa shape index (κ2) is 7.57. The first kappa shape index (κ1) is 19.0. The molecular formula is C22H31N5O. The van der Waals surface area contributed by atoms with Crippen molar-refractivity contribution in [2.75, 3.05) is 25.0 Å². The molecule has 1 atom stereocenters. The molecule has 1 aliphatic carbocycles. The van der Waals surface area contributed by atoms with E-state index in [4.69, 9.17) is 0 Å². The van der Waals surface area contributed by atoms with Gasteiger partial charge in [-0.3, -0.25) is 9.89 Å². The summed E-state index contributed by atoms with van der Waals surface area (Å²) in [4.78, 5) is 19.1. The van der Waals surface area contributed by atoms with Gasteiger partial charge in [-0.25, -0.2) is 4.98 Å². The third-order valence-corrected chi connectivity index (χ3v) is 5.90. The Kier molecular flexibility index (Phi) is 5.13. The second-order valence-electron chi connectivity index (χ2n) is 9.44. The summed E-state index contributed by atoms with van der Waals surface area (Å²) in [7, 11) is 0. The molecule has 0 radical (unpaired) electrons. The zero-order chi connectivity index (χ0) is 19.7. The molecule has 2 aromatic rings. The molecule has 6 nitrogen and oxygen atoms in total. The Balaban J connectivity index is 1.48. The highest BCUT2D eigenvalue weighted by Crippen LogP contribution is 2.36. The fourth-order valence-corrected chi connectivity index (χ4v) is 4.00. The number of hydrogen-bond donors (Lipinski definition) is 2. The molecule has 0 aromatic carbocycles. The minimum Gasteiger partial charge on any atom is -0.370 e. The standard InChI is InChI=1S/C22H31N5O/c1-22(2,3)14-24-19-11-16(7-9-23-19)18-12-25-26-20(18)17-8-10-27(13-17)21(28)15-5-4-6-15/h7,9,11-12,15,17H,4-6,8,10,13-14H2,1-3H3,(H,23,24)(H,25,26)/t17-/m1/s1. The number of aromatic nitrogens is 3. The number of nitrogens with zero attached hydrogens (tertiary/aromatic N) is 3. The molecule has 2 aromatic heterocycles. The van der Waals surface area contributed by atoms with Crippen molar-refractivity contribution in [1.29, 1.82) is 0 Å². The molecule has 150 valence electrons. The summed E-state index contributed by atoms with van der Waals surface area (Å²) in [6, 6.07) is 4.12. The molecule has 1 saturated carbocycles. The van der Waals surface area contributed by atoms with Crippen molar-refractivity contribution in [3.63, 3.8) is 0 Å². The van der Waals surface area contributed by atoms with Gasteiger partial charge in [0.05, 0.1) is 6.20 Å². The highest BCUT2D eigenvalue weighted by molar-refractivity contribution is 5.80. The Morgan fingerprint density at radius 1 is 1.32 bits per heavy atom. The minimum atomic E-state index is 0.193. The highest BCUT2D eigenvalue weighted by Gasteiger charge is 2.35. The largest absolute Gasteiger partial charge is 0.370 e. The van der Waals surface area contributed by atoms with Crippen LogP contribution in [-0.2, 0) is 4.79 Å². The van der Waals surface area contributed by atoms with Gasteiger partial charge >= 0.3 is 0 Å². The molecule has 0 spiro atoms. The van der Waals surface area contributed by atoms with E-state index in [9.17, 15) is 4.79 Å². The maximum Gasteiger partial charge on any atom is 0.225 e. The van der Waals surface area contributed by atoms with Crippen molar-refractivity contribution in [3.8, 4) is 11.1 Å². The first-order valence-electron chi connectivity index (χ1n) is 10.4. The lowest BCUT2D eigenvalue weighted by atomic mass is 9.84. The summed E-state index contributed by atoms with van der Waals surface area (Å²) in [5.74, 6) is 1.83. The van der Waals surface area contributed by atoms with E-state index >= 15 is 0 Å². The van der Waals surface area contributed by atoms with E-state index in [-0.39, 0.29) is 11.3 Å². The highest BCUT2D eigenvalue weighted by atomic mass is 16.2. The van der Waals surface area contributed by atoms with Gasteiger partial charge in [-0.15, -0.1) is 0 Å². The third kappa shape index (κ3) is 4.05. The number of anilines is 1. The number of carbonyl (C=O) groups is 1. The monoisotopic (exact) mass is 381 g/mol. The summed E-state index contributed by atoms with van der Waals surface area (Å²) in [6.45, 7) is 9.12. The topological polar surface area (TPSA) is 73.9 Å². The van der Waals surface area contributed by atoms with Gasteiger partial charge in [0, 0.05) is 48.9 Å². The zero-order valence-electron chi connectivity index (χ0n) is 17.2. The van der Waals surface area contributed by atoms with Crippen LogP contribution >= 0.6 is 0 Å². The predicted molar refractivity (Wildman–Crippen MR) is 111 cm³/mol. The SMILES string of the molecule is CC(C)(C)CNc1cc(-c2cn[nH]c2[C@@H]2CCN(C(=O)C3CCC3)C2)ccn1. The van der Waals surface area contributed by atoms with Crippen LogP contribution in [0.4, 0.5) is 5.82 Å². The summed E-state index contributed by atoms with van der Waals surface area (Å²) < 4.78 is 0. The van der Waals surface area contributed by atoms with Gasteiger partial charge in [0.15, 0.2) is 0 Å². The maximum atomic E-state index is 12.6. The Labute approximate surface area is 167 Å². The van der Waals surface area contributed by atoms with Crippen molar-refractivity contribution < 1.29 is 4.79 Å². The number of rotatable bonds is 5. The predicted octanol–water partition coefficient (Wildman–Crippen LogP) is 4.05. The van der Waals surface area contributed by atoms with Crippen LogP contribution in [0, 0.1) is 11.3 Å². The van der Waals surface area contributed by atoms with Crippen LogP contribution in [-0.4, -0.2) is 45.6 Å². The first-order valence-corrected chi connectivity index (χ1v) is 10.4. The maximum absolute atomic E-state index is 12.6. The molecule has 6 heteroatoms. The van der Waals surface area contributed by atoms with Crippen LogP contribution in [0.2, 0.25) is 0 Å². The van der Waals surface area contributed by atoms with Crippen molar-refractivity contribution in [2.24, 2.45) is 11.3 Å². The molecule has 0 unspecified atom stereocenters. The third-order valence-electron chi connectivity index (χ3n) is 5.90. The van der Waals surface area contributed by atoms with Crippen molar-refractivity contribution in [1.82, 2.24) is 20.1 Å². The van der Waals surface area contributed by atoms with Gasteiger partial charge in [0.25, 0.3) is 0 Å². The molecule has 2 fully saturated rings. The number of nitrogens with one attached hydrogen (secondary N) is 2. The van der Waals surface area contributed by atoms with Crippen molar-refractivity contribution >= 4 is 11.7 Å². The van der Waals surface area contributed by atoms with Gasteiger partial charge in [-0.1, -0.05) is 27.2 Å². The van der Waals surface area contributed by atoms with Crippen LogP contribution in [0.25, 0.3) is 11.1 Å². The average molecular weight is 382 g/mol. The number of H-pyrrole nitrogens is 1. The van der Waals surface area contributed by atoms with E-state index in [1.54, 1.807) is 0 Å². The fraction of sp³-hybridized carbons (Fsp3) is 0.591. The van der Waals surface area contributed by atoms with Crippen LogP contribution in [0.1, 0.15) is 58.1 Å².